The molecule has 1 aliphatic rings. The number of amides is 1. The van der Waals surface area contributed by atoms with Crippen LogP contribution in [-0.2, 0) is 18.9 Å². The number of rotatable bonds is 1. The van der Waals surface area contributed by atoms with E-state index in [1.54, 1.807) is 4.68 Å². The molecule has 19 heavy (non-hydrogen) atoms. The highest BCUT2D eigenvalue weighted by molar-refractivity contribution is 5.94. The van der Waals surface area contributed by atoms with Gasteiger partial charge in [0.25, 0.3) is 0 Å². The molecule has 0 radical (unpaired) electrons. The van der Waals surface area contributed by atoms with Crippen LogP contribution in [0.4, 0.5) is 5.82 Å². The third kappa shape index (κ3) is 1.67. The van der Waals surface area contributed by atoms with Gasteiger partial charge in [-0.25, -0.2) is 0 Å². The molecule has 0 saturated carbocycles. The fraction of sp³-hybridized carbons (Fsp3) is 0.462. The Labute approximate surface area is 111 Å². The van der Waals surface area contributed by atoms with Gasteiger partial charge in [0.2, 0.25) is 5.91 Å². The molecule has 0 aliphatic carbocycles. The van der Waals surface area contributed by atoms with Gasteiger partial charge in [0.05, 0.1) is 11.9 Å². The Morgan fingerprint density at radius 2 is 2.05 bits per heavy atom. The largest absolute Gasteiger partial charge is 0.311 e. The van der Waals surface area contributed by atoms with Crippen LogP contribution in [0.2, 0.25) is 0 Å². The van der Waals surface area contributed by atoms with E-state index in [1.807, 2.05) is 38.8 Å². The second-order valence-electron chi connectivity index (χ2n) is 5.09. The van der Waals surface area contributed by atoms with Crippen molar-refractivity contribution in [1.29, 1.82) is 0 Å². The number of aryl methyl sites for hydroxylation is 3. The van der Waals surface area contributed by atoms with Gasteiger partial charge in [0, 0.05) is 43.3 Å². The third-order valence-electron chi connectivity index (χ3n) is 3.90. The minimum absolute atomic E-state index is 0.0313. The monoisotopic (exact) mass is 259 g/mol. The van der Waals surface area contributed by atoms with Gasteiger partial charge in [-0.1, -0.05) is 0 Å². The average Bonchev–Trinajstić information content (AvgIpc) is 2.82. The number of hydrogen-bond acceptors (Lipinski definition) is 3. The van der Waals surface area contributed by atoms with E-state index in [2.05, 4.69) is 15.5 Å². The molecule has 3 heterocycles. The fourth-order valence-corrected chi connectivity index (χ4v) is 2.89. The van der Waals surface area contributed by atoms with Crippen LogP contribution in [0.3, 0.4) is 0 Å². The molecule has 1 N–H and O–H groups in total. The van der Waals surface area contributed by atoms with Gasteiger partial charge in [-0.2, -0.15) is 10.2 Å². The average molecular weight is 259 g/mol. The Balaban J connectivity index is 2.18. The lowest BCUT2D eigenvalue weighted by Crippen LogP contribution is -2.24. The SMILES string of the molecule is Cc1nn(C)c(C)c1[C@H]1CC(=O)Nc2c1cnn2C. The standard InChI is InChI=1S/C13H17N5O/c1-7-12(8(2)17(3)16-7)9-5-11(19)15-13-10(9)6-14-18(13)4/h6,9H,5H2,1-4H3,(H,15,19)/t9-/m0/s1. The molecule has 2 aromatic rings. The Morgan fingerprint density at radius 3 is 2.68 bits per heavy atom. The smallest absolute Gasteiger partial charge is 0.226 e. The number of nitrogens with one attached hydrogen (secondary N) is 1. The molecule has 0 fully saturated rings. The van der Waals surface area contributed by atoms with Crippen LogP contribution in [-0.4, -0.2) is 25.5 Å². The van der Waals surface area contributed by atoms with Crippen molar-refractivity contribution >= 4 is 11.7 Å². The highest BCUT2D eigenvalue weighted by Crippen LogP contribution is 2.39. The molecule has 3 rings (SSSR count). The number of anilines is 1. The van der Waals surface area contributed by atoms with Gasteiger partial charge in [0.15, 0.2) is 0 Å². The first-order chi connectivity index (χ1) is 8.99. The van der Waals surface area contributed by atoms with E-state index in [-0.39, 0.29) is 11.8 Å². The molecule has 0 spiro atoms. The van der Waals surface area contributed by atoms with Crippen molar-refractivity contribution in [3.8, 4) is 0 Å². The van der Waals surface area contributed by atoms with E-state index < -0.39 is 0 Å². The second kappa shape index (κ2) is 3.94. The van der Waals surface area contributed by atoms with Crippen LogP contribution < -0.4 is 5.32 Å². The first-order valence-electron chi connectivity index (χ1n) is 6.31. The zero-order valence-electron chi connectivity index (χ0n) is 11.6. The van der Waals surface area contributed by atoms with Gasteiger partial charge in [-0.05, 0) is 13.8 Å². The van der Waals surface area contributed by atoms with Gasteiger partial charge in [-0.3, -0.25) is 14.2 Å². The summed E-state index contributed by atoms with van der Waals surface area (Å²) in [5, 5.41) is 11.6. The quantitative estimate of drug-likeness (QED) is 0.838. The van der Waals surface area contributed by atoms with Crippen molar-refractivity contribution in [2.24, 2.45) is 14.1 Å². The van der Waals surface area contributed by atoms with Crippen molar-refractivity contribution in [1.82, 2.24) is 19.6 Å². The van der Waals surface area contributed by atoms with Crippen molar-refractivity contribution < 1.29 is 4.79 Å². The third-order valence-corrected chi connectivity index (χ3v) is 3.90. The summed E-state index contributed by atoms with van der Waals surface area (Å²) in [7, 11) is 3.77. The molecular weight excluding hydrogens is 242 g/mol. The Hall–Kier alpha value is -2.11. The lowest BCUT2D eigenvalue weighted by molar-refractivity contribution is -0.116. The number of carbonyl (C=O) groups is 1. The summed E-state index contributed by atoms with van der Waals surface area (Å²) < 4.78 is 3.58. The number of fused-ring (bicyclic) bond motifs is 1. The lowest BCUT2D eigenvalue weighted by Gasteiger charge is -2.23. The second-order valence-corrected chi connectivity index (χ2v) is 5.09. The summed E-state index contributed by atoms with van der Waals surface area (Å²) in [6.07, 6.45) is 2.29. The molecule has 0 aromatic carbocycles. The number of aromatic nitrogens is 4. The topological polar surface area (TPSA) is 64.7 Å². The number of hydrogen-bond donors (Lipinski definition) is 1. The zero-order valence-corrected chi connectivity index (χ0v) is 11.6. The summed E-state index contributed by atoms with van der Waals surface area (Å²) in [5.41, 5.74) is 4.30. The van der Waals surface area contributed by atoms with Crippen LogP contribution in [0, 0.1) is 13.8 Å². The molecule has 0 unspecified atom stereocenters. The molecule has 0 saturated heterocycles. The van der Waals surface area contributed by atoms with E-state index in [9.17, 15) is 4.79 Å². The zero-order chi connectivity index (χ0) is 13.7. The lowest BCUT2D eigenvalue weighted by atomic mass is 9.86. The first kappa shape index (κ1) is 12.0. The highest BCUT2D eigenvalue weighted by Gasteiger charge is 2.32. The van der Waals surface area contributed by atoms with Gasteiger partial charge in [-0.15, -0.1) is 0 Å². The maximum atomic E-state index is 11.9. The van der Waals surface area contributed by atoms with Crippen LogP contribution in [0.5, 0.6) is 0 Å². The molecule has 6 heteroatoms. The first-order valence-corrected chi connectivity index (χ1v) is 6.31. The van der Waals surface area contributed by atoms with Crippen molar-refractivity contribution in [3.05, 3.63) is 28.7 Å². The van der Waals surface area contributed by atoms with E-state index in [0.29, 0.717) is 6.42 Å². The summed E-state index contributed by atoms with van der Waals surface area (Å²) in [5.74, 6) is 0.874. The maximum Gasteiger partial charge on any atom is 0.226 e. The predicted molar refractivity (Wildman–Crippen MR) is 71.0 cm³/mol. The van der Waals surface area contributed by atoms with Crippen LogP contribution in [0.15, 0.2) is 6.20 Å². The highest BCUT2D eigenvalue weighted by atomic mass is 16.1. The summed E-state index contributed by atoms with van der Waals surface area (Å²) in [6.45, 7) is 4.03. The summed E-state index contributed by atoms with van der Waals surface area (Å²) in [4.78, 5) is 11.9. The van der Waals surface area contributed by atoms with E-state index >= 15 is 0 Å². The van der Waals surface area contributed by atoms with Crippen molar-refractivity contribution in [2.45, 2.75) is 26.2 Å². The van der Waals surface area contributed by atoms with E-state index in [4.69, 9.17) is 0 Å². The van der Waals surface area contributed by atoms with Crippen molar-refractivity contribution in [3.63, 3.8) is 0 Å². The maximum absolute atomic E-state index is 11.9. The number of nitrogens with zero attached hydrogens (tertiary/aromatic N) is 4. The van der Waals surface area contributed by atoms with E-state index in [0.717, 1.165) is 28.3 Å². The van der Waals surface area contributed by atoms with Crippen LogP contribution in [0.25, 0.3) is 0 Å². The molecule has 0 bridgehead atoms. The Morgan fingerprint density at radius 1 is 1.32 bits per heavy atom. The molecule has 1 amide bonds. The number of carbonyl (C=O) groups excluding carboxylic acids is 1. The molecule has 1 atom stereocenters. The molecular formula is C13H17N5O. The van der Waals surface area contributed by atoms with Crippen molar-refractivity contribution in [2.75, 3.05) is 5.32 Å². The molecule has 100 valence electrons. The normalized spacial score (nSPS) is 18.3. The van der Waals surface area contributed by atoms with Gasteiger partial charge >= 0.3 is 0 Å². The Kier molecular flexibility index (Phi) is 2.48. The van der Waals surface area contributed by atoms with Gasteiger partial charge < -0.3 is 5.32 Å². The molecule has 1 aliphatic heterocycles. The van der Waals surface area contributed by atoms with Gasteiger partial charge in [0.1, 0.15) is 5.82 Å². The predicted octanol–water partition coefficient (Wildman–Crippen LogP) is 1.24. The summed E-state index contributed by atoms with van der Waals surface area (Å²) in [6, 6.07) is 0. The van der Waals surface area contributed by atoms with E-state index in [1.165, 1.54) is 0 Å². The Bertz CT molecular complexity index is 667. The van der Waals surface area contributed by atoms with Crippen LogP contribution in [0.1, 0.15) is 34.9 Å². The van der Waals surface area contributed by atoms with Crippen LogP contribution >= 0.6 is 0 Å². The summed E-state index contributed by atoms with van der Waals surface area (Å²) >= 11 is 0. The minimum atomic E-state index is 0.0313. The molecule has 2 aromatic heterocycles. The fourth-order valence-electron chi connectivity index (χ4n) is 2.89. The molecule has 6 nitrogen and oxygen atoms in total. The minimum Gasteiger partial charge on any atom is -0.311 e.